The number of amides is 1. The van der Waals surface area contributed by atoms with E-state index in [1.54, 1.807) is 0 Å². The topological polar surface area (TPSA) is 55.8 Å². The number of hydrogen-bond donors (Lipinski definition) is 0. The first kappa shape index (κ1) is 20.4. The highest BCUT2D eigenvalue weighted by molar-refractivity contribution is 5.82. The van der Waals surface area contributed by atoms with Gasteiger partial charge in [0.05, 0.1) is 12.5 Å². The van der Waals surface area contributed by atoms with Crippen LogP contribution in [0.3, 0.4) is 0 Å². The van der Waals surface area contributed by atoms with E-state index in [1.807, 2.05) is 0 Å². The molecule has 0 unspecified atom stereocenters. The Morgan fingerprint density at radius 1 is 1.12 bits per heavy atom. The molecule has 0 spiro atoms. The molecule has 0 radical (unpaired) electrons. The van der Waals surface area contributed by atoms with Crippen molar-refractivity contribution in [1.29, 1.82) is 0 Å². The molecule has 1 heterocycles. The quantitative estimate of drug-likeness (QED) is 0.571. The van der Waals surface area contributed by atoms with E-state index in [1.165, 1.54) is 27.7 Å². The van der Waals surface area contributed by atoms with Gasteiger partial charge >= 0.3 is 24.2 Å². The van der Waals surface area contributed by atoms with Gasteiger partial charge in [0.2, 0.25) is 0 Å². The number of hydrogen-bond acceptors (Lipinski definition) is 4. The Kier molecular flexibility index (Phi) is 5.72. The number of halogens is 5. The van der Waals surface area contributed by atoms with E-state index in [0.29, 0.717) is 4.90 Å². The van der Waals surface area contributed by atoms with E-state index in [-0.39, 0.29) is 6.61 Å². The Labute approximate surface area is 136 Å². The minimum atomic E-state index is -5.84. The zero-order chi connectivity index (χ0) is 18.9. The Morgan fingerprint density at radius 3 is 2.08 bits per heavy atom. The second-order valence-corrected chi connectivity index (χ2v) is 6.39. The molecule has 0 aromatic carbocycles. The Bertz CT molecular complexity index is 487. The zero-order valence-electron chi connectivity index (χ0n) is 13.7. The fraction of sp³-hybridized carbons (Fsp3) is 0.857. The van der Waals surface area contributed by atoms with Crippen LogP contribution >= 0.6 is 0 Å². The lowest BCUT2D eigenvalue weighted by Gasteiger charge is -2.32. The van der Waals surface area contributed by atoms with E-state index in [2.05, 4.69) is 4.74 Å². The van der Waals surface area contributed by atoms with Gasteiger partial charge in [0, 0.05) is 6.54 Å². The van der Waals surface area contributed by atoms with Crippen LogP contribution in [0.15, 0.2) is 0 Å². The SMILES string of the molecule is CCOC(=O)[C@@H]1[C@H](C(F)(F)C(F)(F)F)CCN1C(=O)OC(C)(C)C. The van der Waals surface area contributed by atoms with Crippen LogP contribution in [0, 0.1) is 5.92 Å². The highest BCUT2D eigenvalue weighted by Crippen LogP contribution is 2.47. The maximum atomic E-state index is 13.7. The molecule has 0 saturated carbocycles. The van der Waals surface area contributed by atoms with Crippen molar-refractivity contribution in [3.05, 3.63) is 0 Å². The van der Waals surface area contributed by atoms with Crippen molar-refractivity contribution in [3.8, 4) is 0 Å². The standard InChI is InChI=1S/C14H20F5NO4/c1-5-23-10(21)9-8(13(15,16)14(17,18)19)6-7-20(9)11(22)24-12(2,3)4/h8-9H,5-7H2,1-4H3/t8-,9+/m1/s1. The number of ether oxygens (including phenoxy) is 2. The average molecular weight is 361 g/mol. The summed E-state index contributed by atoms with van der Waals surface area (Å²) in [6.07, 6.45) is -7.68. The van der Waals surface area contributed by atoms with Gasteiger partial charge in [-0.1, -0.05) is 0 Å². The van der Waals surface area contributed by atoms with Crippen molar-refractivity contribution < 1.29 is 41.0 Å². The van der Waals surface area contributed by atoms with Crippen molar-refractivity contribution >= 4 is 12.1 Å². The molecule has 0 bridgehead atoms. The fourth-order valence-electron chi connectivity index (χ4n) is 2.43. The summed E-state index contributed by atoms with van der Waals surface area (Å²) in [6.45, 7) is 5.20. The molecule has 1 fully saturated rings. The van der Waals surface area contributed by atoms with Gasteiger partial charge in [-0.3, -0.25) is 4.90 Å². The van der Waals surface area contributed by atoms with Gasteiger partial charge in [0.1, 0.15) is 11.6 Å². The molecular weight excluding hydrogens is 341 g/mol. The number of carbonyl (C=O) groups is 2. The first-order valence-electron chi connectivity index (χ1n) is 7.33. The van der Waals surface area contributed by atoms with Crippen molar-refractivity contribution in [3.63, 3.8) is 0 Å². The maximum absolute atomic E-state index is 13.7. The fourth-order valence-corrected chi connectivity index (χ4v) is 2.43. The summed E-state index contributed by atoms with van der Waals surface area (Å²) in [5.41, 5.74) is -0.999. The lowest BCUT2D eigenvalue weighted by atomic mass is 9.92. The van der Waals surface area contributed by atoms with Crippen LogP contribution in [0.4, 0.5) is 26.7 Å². The number of nitrogens with zero attached hydrogens (tertiary/aromatic N) is 1. The van der Waals surface area contributed by atoms with Gasteiger partial charge in [-0.2, -0.15) is 22.0 Å². The molecule has 10 heteroatoms. The van der Waals surface area contributed by atoms with E-state index < -0.39 is 54.7 Å². The summed E-state index contributed by atoms with van der Waals surface area (Å²) >= 11 is 0. The minimum absolute atomic E-state index is 0.220. The van der Waals surface area contributed by atoms with Crippen molar-refractivity contribution in [2.75, 3.05) is 13.2 Å². The molecule has 5 nitrogen and oxygen atoms in total. The molecule has 2 atom stereocenters. The van der Waals surface area contributed by atoms with Gasteiger partial charge < -0.3 is 9.47 Å². The molecule has 0 aromatic heterocycles. The smallest absolute Gasteiger partial charge is 0.453 e. The van der Waals surface area contributed by atoms with Crippen LogP contribution in [0.2, 0.25) is 0 Å². The van der Waals surface area contributed by atoms with Gasteiger partial charge in [-0.15, -0.1) is 0 Å². The van der Waals surface area contributed by atoms with E-state index >= 15 is 0 Å². The summed E-state index contributed by atoms with van der Waals surface area (Å²) in [4.78, 5) is 24.6. The number of alkyl halides is 5. The van der Waals surface area contributed by atoms with Gasteiger partial charge in [0.15, 0.2) is 0 Å². The molecule has 1 saturated heterocycles. The van der Waals surface area contributed by atoms with Crippen molar-refractivity contribution in [1.82, 2.24) is 4.90 Å². The number of carbonyl (C=O) groups excluding carboxylic acids is 2. The molecule has 0 aromatic rings. The zero-order valence-corrected chi connectivity index (χ0v) is 13.7. The predicted molar refractivity (Wildman–Crippen MR) is 72.5 cm³/mol. The monoisotopic (exact) mass is 361 g/mol. The first-order chi connectivity index (χ1) is 10.7. The summed E-state index contributed by atoms with van der Waals surface area (Å²) < 4.78 is 75.1. The van der Waals surface area contributed by atoms with Crippen LogP contribution in [0.1, 0.15) is 34.1 Å². The van der Waals surface area contributed by atoms with E-state index in [4.69, 9.17) is 4.74 Å². The largest absolute Gasteiger partial charge is 0.464 e. The Morgan fingerprint density at radius 2 is 1.67 bits per heavy atom. The van der Waals surface area contributed by atoms with Crippen LogP contribution in [0.5, 0.6) is 0 Å². The van der Waals surface area contributed by atoms with Crippen LogP contribution in [0.25, 0.3) is 0 Å². The van der Waals surface area contributed by atoms with Gasteiger partial charge in [-0.25, -0.2) is 9.59 Å². The van der Waals surface area contributed by atoms with Gasteiger partial charge in [0.25, 0.3) is 0 Å². The van der Waals surface area contributed by atoms with Crippen LogP contribution < -0.4 is 0 Å². The number of esters is 1. The molecule has 140 valence electrons. The second kappa shape index (κ2) is 6.72. The summed E-state index contributed by atoms with van der Waals surface area (Å²) in [7, 11) is 0. The lowest BCUT2D eigenvalue weighted by Crippen LogP contribution is -2.53. The molecule has 1 rings (SSSR count). The lowest BCUT2D eigenvalue weighted by molar-refractivity contribution is -0.304. The third-order valence-electron chi connectivity index (χ3n) is 3.40. The average Bonchev–Trinajstić information content (AvgIpc) is 2.80. The Hall–Kier alpha value is -1.61. The third kappa shape index (κ3) is 4.27. The molecule has 0 aliphatic carbocycles. The van der Waals surface area contributed by atoms with Crippen LogP contribution in [-0.2, 0) is 14.3 Å². The molecular formula is C14H20F5NO4. The Balaban J connectivity index is 3.16. The summed E-state index contributed by atoms with van der Waals surface area (Å²) in [6, 6.07) is -2.06. The van der Waals surface area contributed by atoms with E-state index in [9.17, 15) is 31.5 Å². The molecule has 1 amide bonds. The molecule has 24 heavy (non-hydrogen) atoms. The predicted octanol–water partition coefficient (Wildman–Crippen LogP) is 3.37. The summed E-state index contributed by atoms with van der Waals surface area (Å²) in [5.74, 6) is -8.87. The van der Waals surface area contributed by atoms with E-state index in [0.717, 1.165) is 0 Å². The highest BCUT2D eigenvalue weighted by atomic mass is 19.4. The maximum Gasteiger partial charge on any atom is 0.453 e. The molecule has 0 N–H and O–H groups in total. The highest BCUT2D eigenvalue weighted by Gasteiger charge is 2.67. The van der Waals surface area contributed by atoms with Crippen LogP contribution in [-0.4, -0.2) is 53.9 Å². The summed E-state index contributed by atoms with van der Waals surface area (Å²) in [5, 5.41) is 0. The molecule has 1 aliphatic heterocycles. The minimum Gasteiger partial charge on any atom is -0.464 e. The number of rotatable bonds is 3. The molecule has 1 aliphatic rings. The van der Waals surface area contributed by atoms with Crippen molar-refractivity contribution in [2.24, 2.45) is 5.92 Å². The second-order valence-electron chi connectivity index (χ2n) is 6.39. The van der Waals surface area contributed by atoms with Gasteiger partial charge in [-0.05, 0) is 34.1 Å². The van der Waals surface area contributed by atoms with Crippen molar-refractivity contribution in [2.45, 2.75) is 57.9 Å². The first-order valence-corrected chi connectivity index (χ1v) is 7.33. The number of likely N-dealkylation sites (tertiary alicyclic amines) is 1. The normalized spacial score (nSPS) is 22.5. The third-order valence-corrected chi connectivity index (χ3v) is 3.40.